The molecule has 2 unspecified atom stereocenters. The van der Waals surface area contributed by atoms with Crippen LogP contribution in [0.3, 0.4) is 0 Å². The molecular formula is C28H34N6O8. The highest BCUT2D eigenvalue weighted by atomic mass is 16.6. The van der Waals surface area contributed by atoms with E-state index in [2.05, 4.69) is 20.3 Å². The molecule has 0 saturated carbocycles. The van der Waals surface area contributed by atoms with Gasteiger partial charge in [0.2, 0.25) is 11.9 Å². The molecule has 42 heavy (non-hydrogen) atoms. The van der Waals surface area contributed by atoms with Gasteiger partial charge in [-0.3, -0.25) is 38.9 Å². The first kappa shape index (κ1) is 29.5. The van der Waals surface area contributed by atoms with Crippen molar-refractivity contribution < 1.29 is 34.1 Å². The lowest BCUT2D eigenvalue weighted by Crippen LogP contribution is -2.35. The third-order valence-corrected chi connectivity index (χ3v) is 7.43. The molecule has 224 valence electrons. The summed E-state index contributed by atoms with van der Waals surface area (Å²) >= 11 is 0. The van der Waals surface area contributed by atoms with Gasteiger partial charge in [-0.15, -0.1) is 0 Å². The molecule has 2 aliphatic rings. The number of amides is 3. The Labute approximate surface area is 240 Å². The van der Waals surface area contributed by atoms with E-state index < -0.39 is 36.7 Å². The van der Waals surface area contributed by atoms with Gasteiger partial charge in [0.05, 0.1) is 24.1 Å². The van der Waals surface area contributed by atoms with Crippen LogP contribution in [0, 0.1) is 5.92 Å². The maximum absolute atomic E-state index is 12.6. The summed E-state index contributed by atoms with van der Waals surface area (Å²) < 4.78 is 13.3. The number of aliphatic hydroxyl groups is 2. The van der Waals surface area contributed by atoms with E-state index in [0.717, 1.165) is 12.8 Å². The Morgan fingerprint density at radius 3 is 2.48 bits per heavy atom. The van der Waals surface area contributed by atoms with Gasteiger partial charge in [-0.1, -0.05) is 38.8 Å². The van der Waals surface area contributed by atoms with Gasteiger partial charge in [-0.2, -0.15) is 4.98 Å². The molecule has 1 aromatic carbocycles. The first-order valence-electron chi connectivity index (χ1n) is 14.0. The van der Waals surface area contributed by atoms with Gasteiger partial charge < -0.3 is 19.7 Å². The number of hydrogen-bond donors (Lipinski definition) is 4. The summed E-state index contributed by atoms with van der Waals surface area (Å²) in [4.78, 5) is 62.0. The van der Waals surface area contributed by atoms with E-state index in [9.17, 15) is 29.4 Å². The molecule has 1 saturated heterocycles. The van der Waals surface area contributed by atoms with Crippen molar-refractivity contribution in [2.45, 2.75) is 64.1 Å². The van der Waals surface area contributed by atoms with Crippen LogP contribution in [0.2, 0.25) is 0 Å². The van der Waals surface area contributed by atoms with Gasteiger partial charge in [0.1, 0.15) is 18.3 Å². The van der Waals surface area contributed by atoms with Gasteiger partial charge in [-0.05, 0) is 25.0 Å². The van der Waals surface area contributed by atoms with Gasteiger partial charge in [0.15, 0.2) is 17.4 Å². The number of aromatic amines is 1. The minimum Gasteiger partial charge on any atom is -0.394 e. The number of benzene rings is 1. The predicted octanol–water partition coefficient (Wildman–Crippen LogP) is 1.21. The third-order valence-electron chi connectivity index (χ3n) is 7.43. The first-order chi connectivity index (χ1) is 20.2. The van der Waals surface area contributed by atoms with Crippen LogP contribution in [-0.4, -0.2) is 90.4 Å². The van der Waals surface area contributed by atoms with Crippen LogP contribution >= 0.6 is 0 Å². The number of ether oxygens (including phenoxy) is 2. The molecule has 14 heteroatoms. The second kappa shape index (κ2) is 12.5. The van der Waals surface area contributed by atoms with Crippen LogP contribution in [0.1, 0.15) is 66.5 Å². The Hall–Kier alpha value is -3.98. The van der Waals surface area contributed by atoms with E-state index in [1.807, 2.05) is 0 Å². The van der Waals surface area contributed by atoms with Crippen molar-refractivity contribution in [2.75, 3.05) is 25.1 Å². The van der Waals surface area contributed by atoms with Gasteiger partial charge in [0.25, 0.3) is 17.4 Å². The minimum atomic E-state index is -1.16. The van der Waals surface area contributed by atoms with E-state index in [0.29, 0.717) is 30.5 Å². The Bertz CT molecular complexity index is 1500. The molecule has 0 radical (unpaired) electrons. The minimum absolute atomic E-state index is 0.0138. The van der Waals surface area contributed by atoms with Crippen molar-refractivity contribution in [3.05, 3.63) is 52.1 Å². The lowest BCUT2D eigenvalue weighted by atomic mass is 10.1. The van der Waals surface area contributed by atoms with Gasteiger partial charge in [0, 0.05) is 19.1 Å². The number of nitrogens with zero attached hydrogens (tertiary/aromatic N) is 4. The zero-order chi connectivity index (χ0) is 30.0. The fourth-order valence-corrected chi connectivity index (χ4v) is 5.09. The maximum atomic E-state index is 12.6. The number of rotatable bonds is 12. The van der Waals surface area contributed by atoms with Gasteiger partial charge >= 0.3 is 0 Å². The predicted molar refractivity (Wildman–Crippen MR) is 149 cm³/mol. The molecule has 1 fully saturated rings. The molecule has 4 N–H and O–H groups in total. The maximum Gasteiger partial charge on any atom is 0.280 e. The van der Waals surface area contributed by atoms with Crippen molar-refractivity contribution in [1.82, 2.24) is 24.4 Å². The molecule has 2 aromatic heterocycles. The average molecular weight is 583 g/mol. The number of fused-ring (bicyclic) bond motifs is 2. The topological polar surface area (TPSA) is 189 Å². The first-order valence-corrected chi connectivity index (χ1v) is 14.0. The highest BCUT2D eigenvalue weighted by Gasteiger charge is 2.46. The molecule has 4 heterocycles. The number of H-pyrrole nitrogens is 1. The van der Waals surface area contributed by atoms with Crippen LogP contribution in [0.4, 0.5) is 5.95 Å². The molecule has 14 nitrogen and oxygen atoms in total. The Kier molecular flexibility index (Phi) is 8.77. The van der Waals surface area contributed by atoms with Crippen LogP contribution in [0.5, 0.6) is 0 Å². The molecule has 0 aliphatic carbocycles. The number of imidazole rings is 1. The highest BCUT2D eigenvalue weighted by molar-refractivity contribution is 6.21. The van der Waals surface area contributed by atoms with Gasteiger partial charge in [-0.25, -0.2) is 4.98 Å². The summed E-state index contributed by atoms with van der Waals surface area (Å²) in [6.45, 7) is 3.56. The molecule has 4 atom stereocenters. The van der Waals surface area contributed by atoms with E-state index in [1.165, 1.54) is 15.8 Å². The van der Waals surface area contributed by atoms with Crippen LogP contribution in [-0.2, 0) is 14.3 Å². The zero-order valence-corrected chi connectivity index (χ0v) is 23.4. The van der Waals surface area contributed by atoms with Crippen molar-refractivity contribution in [1.29, 1.82) is 0 Å². The van der Waals surface area contributed by atoms with Crippen LogP contribution in [0.25, 0.3) is 11.2 Å². The lowest BCUT2D eigenvalue weighted by Gasteiger charge is -2.22. The van der Waals surface area contributed by atoms with Crippen molar-refractivity contribution >= 4 is 34.8 Å². The van der Waals surface area contributed by atoms with E-state index in [1.54, 1.807) is 38.1 Å². The zero-order valence-electron chi connectivity index (χ0n) is 23.4. The number of imide groups is 1. The summed E-state index contributed by atoms with van der Waals surface area (Å²) in [5, 5.41) is 23.1. The molecule has 2 aliphatic heterocycles. The van der Waals surface area contributed by atoms with E-state index in [-0.39, 0.29) is 47.4 Å². The summed E-state index contributed by atoms with van der Waals surface area (Å²) in [6, 6.07) is 6.80. The Morgan fingerprint density at radius 1 is 1.12 bits per heavy atom. The number of carbonyl (C=O) groups excluding carboxylic acids is 3. The van der Waals surface area contributed by atoms with Crippen molar-refractivity contribution in [3.8, 4) is 0 Å². The average Bonchev–Trinajstić information content (AvgIpc) is 3.61. The number of aromatic nitrogens is 4. The SMILES string of the molecule is CC(C)C(=O)Nc1nc2c(ncn2[C@@H]2O[C@H](CO)C(O)C2OCCCCCCN2C(=O)c3ccccc3C2=O)c(=O)[nH]1. The largest absolute Gasteiger partial charge is 0.394 e. The molecule has 5 rings (SSSR count). The number of unbranched alkanes of at least 4 members (excludes halogenated alkanes) is 3. The standard InChI is InChI=1S/C28H34N6O8/c1-15(2)23(37)31-28-30-22-19(24(38)32-28)29-14-34(22)27-21(20(36)18(13-35)42-27)41-12-8-4-3-7-11-33-25(39)16-9-5-6-10-17(16)26(33)40/h5-6,9-10,14-15,18,20-21,27,35-36H,3-4,7-8,11-13H2,1-2H3,(H2,30,31,32,37,38)/t18-,20?,21?,27-/m1/s1. The quantitative estimate of drug-likeness (QED) is 0.178. The molecule has 3 aromatic rings. The van der Waals surface area contributed by atoms with Crippen molar-refractivity contribution in [2.24, 2.45) is 5.92 Å². The van der Waals surface area contributed by atoms with Crippen LogP contribution in [0.15, 0.2) is 35.4 Å². The number of anilines is 1. The lowest BCUT2D eigenvalue weighted by molar-refractivity contribution is -0.118. The third kappa shape index (κ3) is 5.70. The molecule has 0 spiro atoms. The summed E-state index contributed by atoms with van der Waals surface area (Å²) in [5.41, 5.74) is 0.445. The fourth-order valence-electron chi connectivity index (χ4n) is 5.09. The smallest absolute Gasteiger partial charge is 0.280 e. The monoisotopic (exact) mass is 582 g/mol. The normalized spacial score (nSPS) is 22.0. The van der Waals surface area contributed by atoms with E-state index in [4.69, 9.17) is 9.47 Å². The highest BCUT2D eigenvalue weighted by Crippen LogP contribution is 2.33. The molecular weight excluding hydrogens is 548 g/mol. The summed E-state index contributed by atoms with van der Waals surface area (Å²) in [7, 11) is 0. The molecule has 3 amide bonds. The second-order valence-electron chi connectivity index (χ2n) is 10.7. The number of carbonyl (C=O) groups is 3. The fraction of sp³-hybridized carbons (Fsp3) is 0.500. The Balaban J connectivity index is 1.18. The Morgan fingerprint density at radius 2 is 1.81 bits per heavy atom. The summed E-state index contributed by atoms with van der Waals surface area (Å²) in [6.07, 6.45) is 0.202. The van der Waals surface area contributed by atoms with E-state index >= 15 is 0 Å². The number of hydrogen-bond acceptors (Lipinski definition) is 10. The van der Waals surface area contributed by atoms with Crippen molar-refractivity contribution in [3.63, 3.8) is 0 Å². The molecule has 0 bridgehead atoms. The number of nitrogens with one attached hydrogen (secondary N) is 2. The second-order valence-corrected chi connectivity index (χ2v) is 10.7. The van der Waals surface area contributed by atoms with Crippen LogP contribution < -0.4 is 10.9 Å². The summed E-state index contributed by atoms with van der Waals surface area (Å²) in [5.74, 6) is -1.26. The number of aliphatic hydroxyl groups excluding tert-OH is 2.